The molecule has 2 aromatic carbocycles. The quantitative estimate of drug-likeness (QED) is 0.447. The summed E-state index contributed by atoms with van der Waals surface area (Å²) in [4.78, 5) is 17.0. The zero-order chi connectivity index (χ0) is 24.8. The van der Waals surface area contributed by atoms with Gasteiger partial charge in [-0.1, -0.05) is 37.3 Å². The van der Waals surface area contributed by atoms with Gasteiger partial charge in [-0.05, 0) is 49.3 Å². The average Bonchev–Trinajstić information content (AvgIpc) is 2.80. The predicted molar refractivity (Wildman–Crippen MR) is 124 cm³/mol. The number of hydrogen-bond acceptors (Lipinski definition) is 6. The number of carbonyl (C=O) groups is 1. The molecule has 0 saturated heterocycles. The lowest BCUT2D eigenvalue weighted by Crippen LogP contribution is -2.26. The first-order valence-corrected chi connectivity index (χ1v) is 10.7. The summed E-state index contributed by atoms with van der Waals surface area (Å²) in [5.41, 5.74) is 9.16. The summed E-state index contributed by atoms with van der Waals surface area (Å²) in [7, 11) is 3.75. The van der Waals surface area contributed by atoms with Crippen LogP contribution in [0.15, 0.2) is 48.5 Å². The van der Waals surface area contributed by atoms with Crippen LogP contribution in [0.3, 0.4) is 0 Å². The van der Waals surface area contributed by atoms with Crippen LogP contribution in [0.2, 0.25) is 0 Å². The van der Waals surface area contributed by atoms with Gasteiger partial charge in [-0.25, -0.2) is 13.6 Å². The van der Waals surface area contributed by atoms with E-state index >= 15 is 0 Å². The summed E-state index contributed by atoms with van der Waals surface area (Å²) in [6, 6.07) is 13.8. The van der Waals surface area contributed by atoms with Gasteiger partial charge in [0.2, 0.25) is 0 Å². The third kappa shape index (κ3) is 6.06. The number of nitrogens with two attached hydrogens (primary N) is 1. The Hall–Kier alpha value is -3.56. The van der Waals surface area contributed by atoms with Gasteiger partial charge in [-0.3, -0.25) is 0 Å². The van der Waals surface area contributed by atoms with E-state index in [1.165, 1.54) is 0 Å². The van der Waals surface area contributed by atoms with Gasteiger partial charge in [0, 0.05) is 24.7 Å². The van der Waals surface area contributed by atoms with Crippen LogP contribution in [0, 0.1) is 11.6 Å². The van der Waals surface area contributed by atoms with Gasteiger partial charge in [-0.2, -0.15) is 4.98 Å². The van der Waals surface area contributed by atoms with Crippen LogP contribution < -0.4 is 15.2 Å². The second-order valence-electron chi connectivity index (χ2n) is 7.98. The molecule has 0 fully saturated rings. The van der Waals surface area contributed by atoms with Crippen LogP contribution in [0.1, 0.15) is 24.5 Å². The number of halogens is 2. The van der Waals surface area contributed by atoms with Crippen molar-refractivity contribution in [3.63, 3.8) is 0 Å². The lowest BCUT2D eigenvalue weighted by molar-refractivity contribution is -0.145. The van der Waals surface area contributed by atoms with Crippen molar-refractivity contribution in [3.05, 3.63) is 71.3 Å². The number of aliphatic carboxylic acids is 1. The minimum atomic E-state index is -1.33. The molecule has 1 aromatic heterocycles. The first kappa shape index (κ1) is 25.1. The number of carboxylic acid groups (broad SMARTS) is 1. The van der Waals surface area contributed by atoms with Crippen LogP contribution >= 0.6 is 0 Å². The maximum Gasteiger partial charge on any atom is 0.344 e. The van der Waals surface area contributed by atoms with Gasteiger partial charge >= 0.3 is 5.97 Å². The SMILES string of the molecule is CC[C@@H](Oc1nc(Oc2cc(-c3cccc(CN)c3)ccc2CN(C)C)c(F)cc1F)C(=O)O. The monoisotopic (exact) mass is 471 g/mol. The maximum absolute atomic E-state index is 14.6. The number of pyridine rings is 1. The summed E-state index contributed by atoms with van der Waals surface area (Å²) in [6.45, 7) is 2.44. The van der Waals surface area contributed by atoms with E-state index in [9.17, 15) is 18.7 Å². The van der Waals surface area contributed by atoms with Crippen molar-refractivity contribution in [3.8, 4) is 28.6 Å². The van der Waals surface area contributed by atoms with Gasteiger partial charge in [0.25, 0.3) is 11.8 Å². The first-order valence-electron chi connectivity index (χ1n) is 10.7. The summed E-state index contributed by atoms with van der Waals surface area (Å²) in [6.07, 6.45) is -1.26. The fraction of sp³-hybridized carbons (Fsp3) is 0.280. The predicted octanol–water partition coefficient (Wildman–Crippen LogP) is 4.58. The Morgan fingerprint density at radius 2 is 1.79 bits per heavy atom. The van der Waals surface area contributed by atoms with E-state index in [-0.39, 0.29) is 6.42 Å². The van der Waals surface area contributed by atoms with Crippen molar-refractivity contribution in [2.45, 2.75) is 32.5 Å². The number of aromatic nitrogens is 1. The molecule has 0 aliphatic heterocycles. The molecule has 0 saturated carbocycles. The molecule has 0 aliphatic rings. The molecule has 3 aromatic rings. The minimum Gasteiger partial charge on any atom is -0.479 e. The molecule has 3 N–H and O–H groups in total. The fourth-order valence-corrected chi connectivity index (χ4v) is 3.31. The van der Waals surface area contributed by atoms with E-state index in [2.05, 4.69) is 4.98 Å². The number of rotatable bonds is 10. The van der Waals surface area contributed by atoms with Crippen LogP contribution in [-0.4, -0.2) is 41.2 Å². The Kier molecular flexibility index (Phi) is 8.14. The number of ether oxygens (including phenoxy) is 2. The highest BCUT2D eigenvalue weighted by atomic mass is 19.1. The smallest absolute Gasteiger partial charge is 0.344 e. The summed E-state index contributed by atoms with van der Waals surface area (Å²) in [5, 5.41) is 9.19. The molecule has 0 bridgehead atoms. The highest BCUT2D eigenvalue weighted by Gasteiger charge is 2.23. The fourth-order valence-electron chi connectivity index (χ4n) is 3.31. The highest BCUT2D eigenvalue weighted by molar-refractivity contribution is 5.72. The summed E-state index contributed by atoms with van der Waals surface area (Å²) < 4.78 is 39.8. The second-order valence-corrected chi connectivity index (χ2v) is 7.98. The van der Waals surface area contributed by atoms with Crippen molar-refractivity contribution >= 4 is 5.97 Å². The molecule has 0 unspecified atom stereocenters. The van der Waals surface area contributed by atoms with Gasteiger partial charge in [0.05, 0.1) is 0 Å². The van der Waals surface area contributed by atoms with Crippen LogP contribution in [0.4, 0.5) is 8.78 Å². The Bertz CT molecular complexity index is 1170. The third-order valence-corrected chi connectivity index (χ3v) is 5.02. The Morgan fingerprint density at radius 1 is 1.09 bits per heavy atom. The van der Waals surface area contributed by atoms with Crippen molar-refractivity contribution < 1.29 is 28.2 Å². The Balaban J connectivity index is 2.02. The topological polar surface area (TPSA) is 97.9 Å². The number of carboxylic acids is 1. The van der Waals surface area contributed by atoms with Crippen LogP contribution in [0.25, 0.3) is 11.1 Å². The van der Waals surface area contributed by atoms with Crippen molar-refractivity contribution in [2.24, 2.45) is 5.73 Å². The van der Waals surface area contributed by atoms with Crippen molar-refractivity contribution in [1.82, 2.24) is 9.88 Å². The number of nitrogens with zero attached hydrogens (tertiary/aromatic N) is 2. The van der Waals surface area contributed by atoms with Gasteiger partial charge in [0.1, 0.15) is 5.75 Å². The average molecular weight is 472 g/mol. The Labute approximate surface area is 196 Å². The molecule has 0 radical (unpaired) electrons. The highest BCUT2D eigenvalue weighted by Crippen LogP contribution is 2.34. The lowest BCUT2D eigenvalue weighted by Gasteiger charge is -2.17. The zero-order valence-electron chi connectivity index (χ0n) is 19.2. The molecule has 7 nitrogen and oxygen atoms in total. The third-order valence-electron chi connectivity index (χ3n) is 5.02. The lowest BCUT2D eigenvalue weighted by atomic mass is 10.0. The van der Waals surface area contributed by atoms with E-state index in [4.69, 9.17) is 15.2 Å². The van der Waals surface area contributed by atoms with Crippen molar-refractivity contribution in [1.29, 1.82) is 0 Å². The minimum absolute atomic E-state index is 0.0703. The standard InChI is InChI=1S/C25H27F2N3O4/c1-4-21(25(31)32)33-23-19(26)12-20(27)24(29-23)34-22-11-17(8-9-18(22)14-30(2)3)16-7-5-6-15(10-16)13-28/h5-12,21H,4,13-14,28H2,1-3H3,(H,31,32)/t21-/m1/s1. The number of benzene rings is 2. The molecule has 0 spiro atoms. The van der Waals surface area contributed by atoms with E-state index < -0.39 is 35.5 Å². The first-order chi connectivity index (χ1) is 16.2. The molecule has 34 heavy (non-hydrogen) atoms. The molecule has 1 heterocycles. The molecule has 3 rings (SSSR count). The van der Waals surface area contributed by atoms with Gasteiger partial charge < -0.3 is 25.2 Å². The van der Waals surface area contributed by atoms with E-state index in [0.717, 1.165) is 22.3 Å². The Morgan fingerprint density at radius 3 is 2.44 bits per heavy atom. The maximum atomic E-state index is 14.6. The van der Waals surface area contributed by atoms with Crippen LogP contribution in [-0.2, 0) is 17.9 Å². The normalized spacial score (nSPS) is 12.0. The van der Waals surface area contributed by atoms with E-state index in [1.807, 2.05) is 55.4 Å². The molecule has 1 atom stereocenters. The van der Waals surface area contributed by atoms with Crippen LogP contribution in [0.5, 0.6) is 17.5 Å². The van der Waals surface area contributed by atoms with Crippen molar-refractivity contribution in [2.75, 3.05) is 14.1 Å². The number of hydrogen-bond donors (Lipinski definition) is 2. The molecule has 0 aliphatic carbocycles. The molecule has 0 amide bonds. The van der Waals surface area contributed by atoms with Gasteiger partial charge in [0.15, 0.2) is 17.7 Å². The largest absolute Gasteiger partial charge is 0.479 e. The summed E-state index contributed by atoms with van der Waals surface area (Å²) >= 11 is 0. The molecule has 9 heteroatoms. The second kappa shape index (κ2) is 11.0. The van der Waals surface area contributed by atoms with E-state index in [1.54, 1.807) is 13.0 Å². The molecular weight excluding hydrogens is 444 g/mol. The summed E-state index contributed by atoms with van der Waals surface area (Å²) in [5.74, 6) is -4.30. The zero-order valence-corrected chi connectivity index (χ0v) is 19.2. The van der Waals surface area contributed by atoms with E-state index in [0.29, 0.717) is 24.9 Å². The van der Waals surface area contributed by atoms with Gasteiger partial charge in [-0.15, -0.1) is 0 Å². The molecular formula is C25H27F2N3O4. The molecule has 180 valence electrons.